The highest BCUT2D eigenvalue weighted by molar-refractivity contribution is 6.32. The summed E-state index contributed by atoms with van der Waals surface area (Å²) in [5.41, 5.74) is 1.19. The first-order valence-corrected chi connectivity index (χ1v) is 10.2. The summed E-state index contributed by atoms with van der Waals surface area (Å²) in [6.45, 7) is 3.61. The standard InChI is InChI=1S/C24H22N4O2/c29-22-19-8-4-5-9-20(19)23(30)24(22,21-16-25-10-11-26-21)28-14-12-27(13-15-28)17-18-6-2-1-3-7-18/h1-11,16H,12-15,17H2. The van der Waals surface area contributed by atoms with Gasteiger partial charge >= 0.3 is 0 Å². The third kappa shape index (κ3) is 2.88. The van der Waals surface area contributed by atoms with Crippen LogP contribution in [0.5, 0.6) is 0 Å². The van der Waals surface area contributed by atoms with Crippen molar-refractivity contribution in [3.05, 3.63) is 95.6 Å². The normalized spacial score (nSPS) is 19.1. The molecular weight excluding hydrogens is 376 g/mol. The molecule has 2 heterocycles. The van der Waals surface area contributed by atoms with E-state index in [0.29, 0.717) is 29.9 Å². The fourth-order valence-electron chi connectivity index (χ4n) is 4.62. The van der Waals surface area contributed by atoms with Crippen LogP contribution in [0.15, 0.2) is 73.2 Å². The second kappa shape index (κ2) is 7.55. The monoisotopic (exact) mass is 398 g/mol. The Morgan fingerprint density at radius 1 is 0.800 bits per heavy atom. The predicted molar refractivity (Wildman–Crippen MR) is 112 cm³/mol. The van der Waals surface area contributed by atoms with E-state index in [1.165, 1.54) is 5.56 Å². The Labute approximate surface area is 175 Å². The molecule has 3 aromatic rings. The van der Waals surface area contributed by atoms with Crippen molar-refractivity contribution in [2.24, 2.45) is 0 Å². The molecule has 1 aliphatic heterocycles. The first-order valence-electron chi connectivity index (χ1n) is 10.2. The van der Waals surface area contributed by atoms with E-state index in [9.17, 15) is 9.59 Å². The molecule has 1 fully saturated rings. The van der Waals surface area contributed by atoms with Gasteiger partial charge < -0.3 is 0 Å². The number of hydrogen-bond acceptors (Lipinski definition) is 6. The molecule has 0 spiro atoms. The van der Waals surface area contributed by atoms with Gasteiger partial charge in [0.25, 0.3) is 0 Å². The highest BCUT2D eigenvalue weighted by Crippen LogP contribution is 2.41. The highest BCUT2D eigenvalue weighted by atomic mass is 16.2. The summed E-state index contributed by atoms with van der Waals surface area (Å²) in [4.78, 5) is 40.3. The van der Waals surface area contributed by atoms with Gasteiger partial charge in [-0.05, 0) is 5.56 Å². The van der Waals surface area contributed by atoms with E-state index in [1.807, 2.05) is 23.1 Å². The van der Waals surface area contributed by atoms with Gasteiger partial charge in [0.05, 0.1) is 11.9 Å². The van der Waals surface area contributed by atoms with Crippen molar-refractivity contribution in [1.82, 2.24) is 19.8 Å². The molecule has 2 aromatic carbocycles. The van der Waals surface area contributed by atoms with Crippen molar-refractivity contribution in [1.29, 1.82) is 0 Å². The molecule has 0 radical (unpaired) electrons. The summed E-state index contributed by atoms with van der Waals surface area (Å²) < 4.78 is 0. The molecule has 0 amide bonds. The Hall–Kier alpha value is -3.22. The van der Waals surface area contributed by atoms with Crippen LogP contribution in [0.25, 0.3) is 0 Å². The summed E-state index contributed by atoms with van der Waals surface area (Å²) in [7, 11) is 0. The molecule has 0 unspecified atom stereocenters. The van der Waals surface area contributed by atoms with Crippen LogP contribution < -0.4 is 0 Å². The molecule has 0 atom stereocenters. The van der Waals surface area contributed by atoms with E-state index in [2.05, 4.69) is 27.0 Å². The minimum Gasteiger partial charge on any atom is -0.297 e. The fourth-order valence-corrected chi connectivity index (χ4v) is 4.62. The van der Waals surface area contributed by atoms with Crippen LogP contribution >= 0.6 is 0 Å². The number of aromatic nitrogens is 2. The van der Waals surface area contributed by atoms with Crippen LogP contribution in [0.1, 0.15) is 32.0 Å². The number of ketones is 2. The summed E-state index contributed by atoms with van der Waals surface area (Å²) in [5.74, 6) is -0.389. The summed E-state index contributed by atoms with van der Waals surface area (Å²) in [6.07, 6.45) is 4.66. The second-order valence-corrected chi connectivity index (χ2v) is 7.75. The second-order valence-electron chi connectivity index (χ2n) is 7.75. The van der Waals surface area contributed by atoms with Crippen LogP contribution in [0.4, 0.5) is 0 Å². The van der Waals surface area contributed by atoms with E-state index in [0.717, 1.165) is 19.6 Å². The molecule has 0 N–H and O–H groups in total. The largest absolute Gasteiger partial charge is 0.297 e. The van der Waals surface area contributed by atoms with Crippen molar-refractivity contribution < 1.29 is 9.59 Å². The average molecular weight is 398 g/mol. The van der Waals surface area contributed by atoms with E-state index < -0.39 is 5.54 Å². The lowest BCUT2D eigenvalue weighted by Gasteiger charge is -2.43. The van der Waals surface area contributed by atoms with Gasteiger partial charge in [-0.15, -0.1) is 0 Å². The number of fused-ring (bicyclic) bond motifs is 1. The van der Waals surface area contributed by atoms with Crippen LogP contribution in [0.3, 0.4) is 0 Å². The molecular formula is C24H22N4O2. The zero-order valence-corrected chi connectivity index (χ0v) is 16.6. The number of benzene rings is 2. The van der Waals surface area contributed by atoms with Gasteiger partial charge in [0.1, 0.15) is 0 Å². The van der Waals surface area contributed by atoms with Gasteiger partial charge in [-0.3, -0.25) is 29.4 Å². The van der Waals surface area contributed by atoms with E-state index in [-0.39, 0.29) is 11.6 Å². The maximum Gasteiger partial charge on any atom is 0.198 e. The Balaban J connectivity index is 1.47. The minimum atomic E-state index is -1.42. The van der Waals surface area contributed by atoms with Crippen LogP contribution in [0.2, 0.25) is 0 Å². The molecule has 30 heavy (non-hydrogen) atoms. The summed E-state index contributed by atoms with van der Waals surface area (Å²) >= 11 is 0. The predicted octanol–water partition coefficient (Wildman–Crippen LogP) is 2.57. The third-order valence-electron chi connectivity index (χ3n) is 6.10. The van der Waals surface area contributed by atoms with Gasteiger partial charge in [0, 0.05) is 56.2 Å². The van der Waals surface area contributed by atoms with Crippen LogP contribution in [-0.2, 0) is 12.1 Å². The quantitative estimate of drug-likeness (QED) is 0.630. The minimum absolute atomic E-state index is 0.194. The van der Waals surface area contributed by atoms with E-state index in [4.69, 9.17) is 0 Å². The first-order chi connectivity index (χ1) is 14.7. The molecule has 1 aliphatic carbocycles. The molecule has 2 aliphatic rings. The lowest BCUT2D eigenvalue weighted by atomic mass is 9.86. The number of carbonyl (C=O) groups excluding carboxylic acids is 2. The molecule has 6 nitrogen and oxygen atoms in total. The van der Waals surface area contributed by atoms with Gasteiger partial charge in [-0.2, -0.15) is 0 Å². The van der Waals surface area contributed by atoms with Gasteiger partial charge in [0.2, 0.25) is 0 Å². The van der Waals surface area contributed by atoms with Crippen molar-refractivity contribution >= 4 is 11.6 Å². The van der Waals surface area contributed by atoms with E-state index >= 15 is 0 Å². The zero-order chi connectivity index (χ0) is 20.6. The van der Waals surface area contributed by atoms with Gasteiger partial charge in [0.15, 0.2) is 17.1 Å². The maximum absolute atomic E-state index is 13.7. The Bertz CT molecular complexity index is 1040. The maximum atomic E-state index is 13.7. The number of rotatable bonds is 4. The summed E-state index contributed by atoms with van der Waals surface area (Å²) in [6, 6.07) is 17.4. The molecule has 1 saturated heterocycles. The molecule has 6 heteroatoms. The van der Waals surface area contributed by atoms with Crippen molar-refractivity contribution in [2.75, 3.05) is 26.2 Å². The number of piperazine rings is 1. The van der Waals surface area contributed by atoms with E-state index in [1.54, 1.807) is 42.9 Å². The van der Waals surface area contributed by atoms with Crippen molar-refractivity contribution in [2.45, 2.75) is 12.1 Å². The van der Waals surface area contributed by atoms with Gasteiger partial charge in [-0.1, -0.05) is 54.6 Å². The first kappa shape index (κ1) is 18.8. The highest BCUT2D eigenvalue weighted by Gasteiger charge is 2.59. The Morgan fingerprint density at radius 3 is 2.03 bits per heavy atom. The Morgan fingerprint density at radius 2 is 1.43 bits per heavy atom. The van der Waals surface area contributed by atoms with Crippen LogP contribution in [-0.4, -0.2) is 57.5 Å². The fraction of sp³-hybridized carbons (Fsp3) is 0.250. The van der Waals surface area contributed by atoms with Crippen molar-refractivity contribution in [3.8, 4) is 0 Å². The lowest BCUT2D eigenvalue weighted by molar-refractivity contribution is 0.0265. The topological polar surface area (TPSA) is 66.4 Å². The third-order valence-corrected chi connectivity index (χ3v) is 6.10. The van der Waals surface area contributed by atoms with Gasteiger partial charge in [-0.25, -0.2) is 0 Å². The molecule has 0 bridgehead atoms. The number of hydrogen-bond donors (Lipinski definition) is 0. The summed E-state index contributed by atoms with van der Waals surface area (Å²) in [5, 5.41) is 0. The average Bonchev–Trinajstić information content (AvgIpc) is 3.04. The van der Waals surface area contributed by atoms with Crippen LogP contribution in [0, 0.1) is 0 Å². The Kier molecular flexibility index (Phi) is 4.73. The molecule has 5 rings (SSSR count). The smallest absolute Gasteiger partial charge is 0.198 e. The zero-order valence-electron chi connectivity index (χ0n) is 16.6. The number of carbonyl (C=O) groups is 2. The molecule has 1 aromatic heterocycles. The van der Waals surface area contributed by atoms with Crippen molar-refractivity contribution in [3.63, 3.8) is 0 Å². The molecule has 150 valence electrons. The molecule has 0 saturated carbocycles. The lowest BCUT2D eigenvalue weighted by Crippen LogP contribution is -2.60. The number of nitrogens with zero attached hydrogens (tertiary/aromatic N) is 4. The number of Topliss-reactive ketones (excluding diaryl/α,β-unsaturated/α-hetero) is 2. The SMILES string of the molecule is O=C1c2ccccc2C(=O)C1(c1cnccn1)N1CCN(Cc2ccccc2)CC1.